The molecule has 0 aromatic heterocycles. The maximum Gasteiger partial charge on any atom is 0.241 e. The number of para-hydroxylation sites is 1. The van der Waals surface area contributed by atoms with Crippen molar-refractivity contribution in [3.05, 3.63) is 59.2 Å². The van der Waals surface area contributed by atoms with Gasteiger partial charge in [0.1, 0.15) is 18.9 Å². The smallest absolute Gasteiger partial charge is 0.241 e. The minimum Gasteiger partial charge on any atom is -0.491 e. The topological polar surface area (TPSA) is 75.7 Å². The summed E-state index contributed by atoms with van der Waals surface area (Å²) in [5.74, 6) is 0.378. The van der Waals surface area contributed by atoms with Crippen LogP contribution in [0.1, 0.15) is 23.6 Å². The molecule has 2 aromatic rings. The van der Waals surface area contributed by atoms with Gasteiger partial charge >= 0.3 is 0 Å². The van der Waals surface area contributed by atoms with Gasteiger partial charge in [0.15, 0.2) is 0 Å². The summed E-state index contributed by atoms with van der Waals surface area (Å²) >= 11 is 0. The van der Waals surface area contributed by atoms with E-state index in [0.29, 0.717) is 12.3 Å². The van der Waals surface area contributed by atoms with Crippen molar-refractivity contribution < 1.29 is 17.9 Å². The molecule has 0 aliphatic carbocycles. The zero-order valence-electron chi connectivity index (χ0n) is 17.0. The molecule has 0 aliphatic heterocycles. The van der Waals surface area contributed by atoms with Gasteiger partial charge in [0.05, 0.1) is 18.0 Å². The highest BCUT2D eigenvalue weighted by Gasteiger charge is 2.23. The van der Waals surface area contributed by atoms with Crippen LogP contribution in [0.15, 0.2) is 42.5 Å². The molecule has 0 bridgehead atoms. The van der Waals surface area contributed by atoms with E-state index in [0.717, 1.165) is 33.0 Å². The molecule has 2 aromatic carbocycles. The molecule has 6 nitrogen and oxygen atoms in total. The molecule has 0 spiro atoms. The molecule has 0 fully saturated rings. The quantitative estimate of drug-likeness (QED) is 0.734. The van der Waals surface area contributed by atoms with Gasteiger partial charge in [-0.1, -0.05) is 35.9 Å². The minimum absolute atomic E-state index is 0.271. The largest absolute Gasteiger partial charge is 0.491 e. The van der Waals surface area contributed by atoms with Crippen molar-refractivity contribution in [3.63, 3.8) is 0 Å². The van der Waals surface area contributed by atoms with Crippen LogP contribution in [0.3, 0.4) is 0 Å². The zero-order chi connectivity index (χ0) is 20.9. The standard InChI is InChI=1S/C21H28N2O4S/c1-15-10-11-19(17(3)12-15)23(28(5,25)26)13-21(24)22-18(4)14-27-20-9-7-6-8-16(20)2/h6-12,18H,13-14H2,1-5H3,(H,22,24). The molecular formula is C21H28N2O4S. The van der Waals surface area contributed by atoms with E-state index < -0.39 is 10.0 Å². The number of nitrogens with zero attached hydrogens (tertiary/aromatic N) is 1. The number of nitrogens with one attached hydrogen (secondary N) is 1. The summed E-state index contributed by atoms with van der Waals surface area (Å²) in [6.07, 6.45) is 1.10. The van der Waals surface area contributed by atoms with Gasteiger partial charge in [0, 0.05) is 0 Å². The normalized spacial score (nSPS) is 12.3. The molecule has 152 valence electrons. The fraction of sp³-hybridized carbons (Fsp3) is 0.381. The van der Waals surface area contributed by atoms with Gasteiger partial charge in [-0.3, -0.25) is 9.10 Å². The molecule has 0 heterocycles. The molecule has 0 saturated heterocycles. The maximum atomic E-state index is 12.5. The first-order chi connectivity index (χ1) is 13.1. The second-order valence-electron chi connectivity index (χ2n) is 7.10. The Balaban J connectivity index is 2.02. The lowest BCUT2D eigenvalue weighted by Gasteiger charge is -2.25. The molecule has 1 unspecified atom stereocenters. The van der Waals surface area contributed by atoms with Crippen molar-refractivity contribution >= 4 is 21.6 Å². The maximum absolute atomic E-state index is 12.5. The van der Waals surface area contributed by atoms with E-state index in [4.69, 9.17) is 4.74 Å². The second-order valence-corrected chi connectivity index (χ2v) is 9.01. The van der Waals surface area contributed by atoms with Crippen LogP contribution in [0.2, 0.25) is 0 Å². The van der Waals surface area contributed by atoms with Crippen LogP contribution in [0, 0.1) is 20.8 Å². The van der Waals surface area contributed by atoms with E-state index in [9.17, 15) is 13.2 Å². The Morgan fingerprint density at radius 3 is 2.39 bits per heavy atom. The highest BCUT2D eigenvalue weighted by molar-refractivity contribution is 7.92. The number of benzene rings is 2. The number of carbonyl (C=O) groups excluding carboxylic acids is 1. The molecule has 1 atom stereocenters. The van der Waals surface area contributed by atoms with Gasteiger partial charge in [-0.25, -0.2) is 8.42 Å². The van der Waals surface area contributed by atoms with Crippen molar-refractivity contribution in [3.8, 4) is 5.75 Å². The lowest BCUT2D eigenvalue weighted by atomic mass is 10.1. The first kappa shape index (κ1) is 21.8. The second kappa shape index (κ2) is 9.10. The fourth-order valence-corrected chi connectivity index (χ4v) is 3.81. The monoisotopic (exact) mass is 404 g/mol. The van der Waals surface area contributed by atoms with E-state index in [1.54, 1.807) is 6.07 Å². The summed E-state index contributed by atoms with van der Waals surface area (Å²) in [4.78, 5) is 12.5. The van der Waals surface area contributed by atoms with Crippen molar-refractivity contribution in [2.45, 2.75) is 33.7 Å². The van der Waals surface area contributed by atoms with E-state index in [-0.39, 0.29) is 18.5 Å². The molecule has 7 heteroatoms. The summed E-state index contributed by atoms with van der Waals surface area (Å²) < 4.78 is 31.4. The molecule has 0 aliphatic rings. The van der Waals surface area contributed by atoms with E-state index in [2.05, 4.69) is 5.32 Å². The van der Waals surface area contributed by atoms with Crippen LogP contribution in [-0.4, -0.2) is 39.8 Å². The van der Waals surface area contributed by atoms with E-state index >= 15 is 0 Å². The fourth-order valence-electron chi connectivity index (χ4n) is 2.89. The Morgan fingerprint density at radius 2 is 1.79 bits per heavy atom. The Hall–Kier alpha value is -2.54. The van der Waals surface area contributed by atoms with Crippen LogP contribution in [0.25, 0.3) is 0 Å². The SMILES string of the molecule is Cc1ccc(N(CC(=O)NC(C)COc2ccccc2C)S(C)(=O)=O)c(C)c1. The van der Waals surface area contributed by atoms with Crippen LogP contribution in [0.5, 0.6) is 5.75 Å². The Labute approximate surface area is 167 Å². The van der Waals surface area contributed by atoms with Crippen molar-refractivity contribution in [2.75, 3.05) is 23.7 Å². The van der Waals surface area contributed by atoms with Crippen LogP contribution >= 0.6 is 0 Å². The molecule has 0 saturated carbocycles. The lowest BCUT2D eigenvalue weighted by molar-refractivity contribution is -0.120. The number of anilines is 1. The van der Waals surface area contributed by atoms with Gasteiger partial charge in [-0.15, -0.1) is 0 Å². The highest BCUT2D eigenvalue weighted by atomic mass is 32.2. The molecule has 1 amide bonds. The number of ether oxygens (including phenoxy) is 1. The number of aryl methyl sites for hydroxylation is 3. The summed E-state index contributed by atoms with van der Waals surface area (Å²) in [6.45, 7) is 7.54. The first-order valence-electron chi connectivity index (χ1n) is 9.10. The van der Waals surface area contributed by atoms with Crippen molar-refractivity contribution in [1.82, 2.24) is 5.32 Å². The predicted molar refractivity (Wildman–Crippen MR) is 112 cm³/mol. The number of sulfonamides is 1. The number of hydrogen-bond acceptors (Lipinski definition) is 4. The average molecular weight is 405 g/mol. The summed E-state index contributed by atoms with van der Waals surface area (Å²) in [5, 5.41) is 2.80. The molecule has 1 N–H and O–H groups in total. The molecule has 2 rings (SSSR count). The average Bonchev–Trinajstić information content (AvgIpc) is 2.58. The molecule has 0 radical (unpaired) electrons. The van der Waals surface area contributed by atoms with Gasteiger partial charge in [0.2, 0.25) is 15.9 Å². The molecule has 28 heavy (non-hydrogen) atoms. The van der Waals surface area contributed by atoms with Gasteiger partial charge in [-0.05, 0) is 51.0 Å². The predicted octanol–water partition coefficient (Wildman–Crippen LogP) is 2.96. The number of carbonyl (C=O) groups is 1. The highest BCUT2D eigenvalue weighted by Crippen LogP contribution is 2.23. The summed E-state index contributed by atoms with van der Waals surface area (Å²) in [7, 11) is -3.60. The zero-order valence-corrected chi connectivity index (χ0v) is 17.8. The third-order valence-corrected chi connectivity index (χ3v) is 5.42. The third kappa shape index (κ3) is 5.99. The first-order valence-corrected chi connectivity index (χ1v) is 11.0. The lowest BCUT2D eigenvalue weighted by Crippen LogP contribution is -2.45. The van der Waals surface area contributed by atoms with Crippen LogP contribution < -0.4 is 14.4 Å². The van der Waals surface area contributed by atoms with Crippen LogP contribution in [-0.2, 0) is 14.8 Å². The minimum atomic E-state index is -3.60. The Morgan fingerprint density at radius 1 is 1.11 bits per heavy atom. The summed E-state index contributed by atoms with van der Waals surface area (Å²) in [5.41, 5.74) is 3.35. The van der Waals surface area contributed by atoms with Crippen LogP contribution in [0.4, 0.5) is 5.69 Å². The van der Waals surface area contributed by atoms with E-state index in [1.165, 1.54) is 0 Å². The van der Waals surface area contributed by atoms with Gasteiger partial charge < -0.3 is 10.1 Å². The van der Waals surface area contributed by atoms with Crippen molar-refractivity contribution in [2.24, 2.45) is 0 Å². The van der Waals surface area contributed by atoms with Gasteiger partial charge in [0.25, 0.3) is 0 Å². The number of amides is 1. The third-order valence-electron chi connectivity index (χ3n) is 4.30. The molecular weight excluding hydrogens is 376 g/mol. The summed E-state index contributed by atoms with van der Waals surface area (Å²) in [6, 6.07) is 12.8. The number of rotatable bonds is 8. The Bertz CT molecular complexity index is 941. The number of hydrogen-bond donors (Lipinski definition) is 1. The van der Waals surface area contributed by atoms with E-state index in [1.807, 2.05) is 64.1 Å². The Kier molecular flexibility index (Phi) is 7.07. The van der Waals surface area contributed by atoms with Crippen molar-refractivity contribution in [1.29, 1.82) is 0 Å². The van der Waals surface area contributed by atoms with Gasteiger partial charge in [-0.2, -0.15) is 0 Å².